The zero-order valence-corrected chi connectivity index (χ0v) is 17.3. The Bertz CT molecular complexity index is 781. The molecule has 0 fully saturated rings. The molecule has 0 radical (unpaired) electrons. The normalized spacial score (nSPS) is 10.9. The van der Waals surface area contributed by atoms with Gasteiger partial charge in [0, 0.05) is 25.2 Å². The molecule has 1 aromatic heterocycles. The van der Waals surface area contributed by atoms with Crippen molar-refractivity contribution in [2.45, 2.75) is 53.6 Å². The Labute approximate surface area is 161 Å². The summed E-state index contributed by atoms with van der Waals surface area (Å²) in [4.78, 5) is 12.3. The number of methoxy groups -OCH3 is 2. The molecule has 6 heteroatoms. The van der Waals surface area contributed by atoms with E-state index in [1.54, 1.807) is 14.2 Å². The Morgan fingerprint density at radius 3 is 2.52 bits per heavy atom. The molecule has 0 saturated heterocycles. The van der Waals surface area contributed by atoms with Gasteiger partial charge >= 0.3 is 0 Å². The zero-order chi connectivity index (χ0) is 20.0. The van der Waals surface area contributed by atoms with E-state index in [-0.39, 0.29) is 5.91 Å². The minimum atomic E-state index is 0.0280. The van der Waals surface area contributed by atoms with Crippen LogP contribution >= 0.6 is 0 Å². The highest BCUT2D eigenvalue weighted by atomic mass is 16.5. The van der Waals surface area contributed by atoms with Crippen molar-refractivity contribution in [2.75, 3.05) is 14.2 Å². The van der Waals surface area contributed by atoms with Crippen LogP contribution in [0.3, 0.4) is 0 Å². The number of carbonyl (C=O) groups excluding carboxylic acids is 1. The van der Waals surface area contributed by atoms with Gasteiger partial charge < -0.3 is 14.8 Å². The maximum absolute atomic E-state index is 12.3. The third-order valence-electron chi connectivity index (χ3n) is 4.61. The molecule has 0 aliphatic heterocycles. The Balaban J connectivity index is 1.91. The topological polar surface area (TPSA) is 65.4 Å². The standard InChI is InChI=1S/C21H31N3O3/c1-14(2)13-24-16(4)18(15(3)23-24)8-10-21(25)22-12-17-7-9-19(26-5)20(11-17)27-6/h7,9,11,14H,8,10,12-13H2,1-6H3,(H,22,25). The van der Waals surface area contributed by atoms with E-state index < -0.39 is 0 Å². The molecule has 148 valence electrons. The van der Waals surface area contributed by atoms with E-state index in [1.807, 2.05) is 25.1 Å². The van der Waals surface area contributed by atoms with Crippen molar-refractivity contribution in [2.24, 2.45) is 5.92 Å². The van der Waals surface area contributed by atoms with Crippen LogP contribution < -0.4 is 14.8 Å². The van der Waals surface area contributed by atoms with E-state index in [9.17, 15) is 4.79 Å². The summed E-state index contributed by atoms with van der Waals surface area (Å²) in [6.07, 6.45) is 1.15. The number of amides is 1. The van der Waals surface area contributed by atoms with E-state index in [1.165, 1.54) is 5.56 Å². The lowest BCUT2D eigenvalue weighted by Crippen LogP contribution is -2.23. The number of nitrogens with zero attached hydrogens (tertiary/aromatic N) is 2. The number of benzene rings is 1. The molecule has 27 heavy (non-hydrogen) atoms. The summed E-state index contributed by atoms with van der Waals surface area (Å²) < 4.78 is 12.6. The molecular weight excluding hydrogens is 342 g/mol. The van der Waals surface area contributed by atoms with Crippen LogP contribution in [0.5, 0.6) is 11.5 Å². The van der Waals surface area contributed by atoms with Gasteiger partial charge in [-0.3, -0.25) is 9.48 Å². The molecular formula is C21H31N3O3. The SMILES string of the molecule is COc1ccc(CNC(=O)CCc2c(C)nn(CC(C)C)c2C)cc1OC. The van der Waals surface area contributed by atoms with Crippen molar-refractivity contribution in [3.8, 4) is 11.5 Å². The van der Waals surface area contributed by atoms with Crippen LogP contribution in [-0.4, -0.2) is 29.9 Å². The second-order valence-electron chi connectivity index (χ2n) is 7.19. The molecule has 0 aliphatic carbocycles. The highest BCUT2D eigenvalue weighted by molar-refractivity contribution is 5.76. The summed E-state index contributed by atoms with van der Waals surface area (Å²) >= 11 is 0. The monoisotopic (exact) mass is 373 g/mol. The van der Waals surface area contributed by atoms with Crippen LogP contribution in [-0.2, 0) is 24.3 Å². The highest BCUT2D eigenvalue weighted by Gasteiger charge is 2.14. The van der Waals surface area contributed by atoms with Gasteiger partial charge in [0.25, 0.3) is 0 Å². The predicted octanol–water partition coefficient (Wildman–Crippen LogP) is 3.42. The first kappa shape index (κ1) is 20.8. The first-order valence-corrected chi connectivity index (χ1v) is 9.36. The molecule has 0 bridgehead atoms. The molecule has 6 nitrogen and oxygen atoms in total. The van der Waals surface area contributed by atoms with E-state index in [0.29, 0.717) is 36.8 Å². The van der Waals surface area contributed by atoms with Crippen LogP contribution in [0, 0.1) is 19.8 Å². The van der Waals surface area contributed by atoms with Crippen molar-refractivity contribution in [1.29, 1.82) is 0 Å². The number of hydrogen-bond acceptors (Lipinski definition) is 4. The lowest BCUT2D eigenvalue weighted by molar-refractivity contribution is -0.121. The molecule has 2 aromatic rings. The largest absolute Gasteiger partial charge is 0.493 e. The second-order valence-corrected chi connectivity index (χ2v) is 7.19. The van der Waals surface area contributed by atoms with E-state index >= 15 is 0 Å². The maximum Gasteiger partial charge on any atom is 0.220 e. The van der Waals surface area contributed by atoms with Crippen molar-refractivity contribution in [3.63, 3.8) is 0 Å². The number of aromatic nitrogens is 2. The lowest BCUT2D eigenvalue weighted by Gasteiger charge is -2.10. The van der Waals surface area contributed by atoms with Crippen LogP contribution in [0.15, 0.2) is 18.2 Å². The Morgan fingerprint density at radius 1 is 1.19 bits per heavy atom. The lowest BCUT2D eigenvalue weighted by atomic mass is 10.1. The fourth-order valence-electron chi connectivity index (χ4n) is 3.14. The first-order chi connectivity index (χ1) is 12.8. The minimum Gasteiger partial charge on any atom is -0.493 e. The van der Waals surface area contributed by atoms with Gasteiger partial charge in [0.05, 0.1) is 19.9 Å². The molecule has 0 saturated carbocycles. The van der Waals surface area contributed by atoms with Crippen LogP contribution in [0.25, 0.3) is 0 Å². The molecule has 0 atom stereocenters. The number of hydrogen-bond donors (Lipinski definition) is 1. The van der Waals surface area contributed by atoms with Crippen LogP contribution in [0.1, 0.15) is 42.8 Å². The predicted molar refractivity (Wildman–Crippen MR) is 106 cm³/mol. The summed E-state index contributed by atoms with van der Waals surface area (Å²) in [5, 5.41) is 7.59. The molecule has 0 spiro atoms. The summed E-state index contributed by atoms with van der Waals surface area (Å²) in [7, 11) is 3.21. The van der Waals surface area contributed by atoms with Gasteiger partial charge in [0.1, 0.15) is 0 Å². The van der Waals surface area contributed by atoms with Gasteiger partial charge in [-0.15, -0.1) is 0 Å². The number of aryl methyl sites for hydroxylation is 1. The maximum atomic E-state index is 12.3. The summed E-state index contributed by atoms with van der Waals surface area (Å²) in [6.45, 7) is 9.82. The van der Waals surface area contributed by atoms with Crippen LogP contribution in [0.4, 0.5) is 0 Å². The van der Waals surface area contributed by atoms with E-state index in [4.69, 9.17) is 9.47 Å². The Hall–Kier alpha value is -2.50. The molecule has 0 unspecified atom stereocenters. The Morgan fingerprint density at radius 2 is 1.89 bits per heavy atom. The van der Waals surface area contributed by atoms with Crippen molar-refractivity contribution in [3.05, 3.63) is 40.7 Å². The summed E-state index contributed by atoms with van der Waals surface area (Å²) in [5.41, 5.74) is 4.32. The number of nitrogens with one attached hydrogen (secondary N) is 1. The highest BCUT2D eigenvalue weighted by Crippen LogP contribution is 2.27. The zero-order valence-electron chi connectivity index (χ0n) is 17.3. The first-order valence-electron chi connectivity index (χ1n) is 9.36. The Kier molecular flexibility index (Phi) is 7.28. The molecule has 2 rings (SSSR count). The van der Waals surface area contributed by atoms with Gasteiger partial charge in [-0.25, -0.2) is 0 Å². The number of carbonyl (C=O) groups is 1. The fourth-order valence-corrected chi connectivity index (χ4v) is 3.14. The smallest absolute Gasteiger partial charge is 0.220 e. The van der Waals surface area contributed by atoms with Gasteiger partial charge in [0.15, 0.2) is 11.5 Å². The third-order valence-corrected chi connectivity index (χ3v) is 4.61. The average molecular weight is 373 g/mol. The molecule has 1 heterocycles. The van der Waals surface area contributed by atoms with Crippen molar-refractivity contribution in [1.82, 2.24) is 15.1 Å². The molecule has 1 amide bonds. The summed E-state index contributed by atoms with van der Waals surface area (Å²) in [6, 6.07) is 5.64. The number of ether oxygens (including phenoxy) is 2. The number of rotatable bonds is 9. The van der Waals surface area contributed by atoms with Gasteiger partial charge in [-0.05, 0) is 49.4 Å². The second kappa shape index (κ2) is 9.44. The fraction of sp³-hybridized carbons (Fsp3) is 0.524. The van der Waals surface area contributed by atoms with Gasteiger partial charge in [-0.2, -0.15) is 5.10 Å². The minimum absolute atomic E-state index is 0.0280. The van der Waals surface area contributed by atoms with Crippen molar-refractivity contribution < 1.29 is 14.3 Å². The van der Waals surface area contributed by atoms with E-state index in [2.05, 4.69) is 35.9 Å². The summed E-state index contributed by atoms with van der Waals surface area (Å²) in [5.74, 6) is 1.91. The van der Waals surface area contributed by atoms with E-state index in [0.717, 1.165) is 23.5 Å². The molecule has 0 aliphatic rings. The molecule has 1 aromatic carbocycles. The quantitative estimate of drug-likeness (QED) is 0.731. The van der Waals surface area contributed by atoms with Crippen LogP contribution in [0.2, 0.25) is 0 Å². The molecule has 1 N–H and O–H groups in total. The van der Waals surface area contributed by atoms with Gasteiger partial charge in [0.2, 0.25) is 5.91 Å². The average Bonchev–Trinajstić information content (AvgIpc) is 2.90. The third kappa shape index (κ3) is 5.49. The van der Waals surface area contributed by atoms with Crippen molar-refractivity contribution >= 4 is 5.91 Å². The van der Waals surface area contributed by atoms with Gasteiger partial charge in [-0.1, -0.05) is 19.9 Å².